The van der Waals surface area contributed by atoms with Gasteiger partial charge in [0.2, 0.25) is 0 Å². The number of quaternary nitrogens is 1. The number of nitrogens with two attached hydrogens (primary N) is 1. The van der Waals surface area contributed by atoms with Gasteiger partial charge >= 0.3 is 6.18 Å². The van der Waals surface area contributed by atoms with E-state index >= 15 is 0 Å². The second-order valence-electron chi connectivity index (χ2n) is 10.2. The zero-order valence-corrected chi connectivity index (χ0v) is 23.9. The Morgan fingerprint density at radius 3 is 2.68 bits per heavy atom. The largest absolute Gasteiger partial charge is 1.00 e. The van der Waals surface area contributed by atoms with Crippen molar-refractivity contribution in [2.24, 2.45) is 5.73 Å². The molecule has 2 aliphatic rings. The van der Waals surface area contributed by atoms with E-state index in [4.69, 9.17) is 28.9 Å². The molecule has 0 aliphatic carbocycles. The van der Waals surface area contributed by atoms with Crippen LogP contribution >= 0.6 is 35.6 Å². The van der Waals surface area contributed by atoms with Gasteiger partial charge in [-0.1, -0.05) is 23.2 Å². The molecular weight excluding hydrogens is 583 g/mol. The molecule has 13 heteroatoms. The number of benzene rings is 1. The third-order valence-electron chi connectivity index (χ3n) is 7.47. The fourth-order valence-electron chi connectivity index (χ4n) is 5.74. The third kappa shape index (κ3) is 6.46. The first-order chi connectivity index (χ1) is 17.0. The van der Waals surface area contributed by atoms with Crippen molar-refractivity contribution in [2.75, 3.05) is 51.6 Å². The number of nitrogens with one attached hydrogen (secondary N) is 2. The molecule has 4 heterocycles. The Labute approximate surface area is 242 Å². The highest BCUT2D eigenvalue weighted by molar-refractivity contribution is 6.31. The lowest BCUT2D eigenvalue weighted by Crippen LogP contribution is -3.00. The summed E-state index contributed by atoms with van der Waals surface area (Å²) in [7, 11) is 2.26. The van der Waals surface area contributed by atoms with Gasteiger partial charge in [0.1, 0.15) is 18.4 Å². The van der Waals surface area contributed by atoms with Crippen molar-refractivity contribution in [3.63, 3.8) is 0 Å². The topological polar surface area (TPSA) is 70.0 Å². The molecule has 2 aromatic heterocycles. The Kier molecular flexibility index (Phi) is 9.78. The smallest absolute Gasteiger partial charge is 0.434 e. The van der Waals surface area contributed by atoms with E-state index in [0.29, 0.717) is 18.1 Å². The van der Waals surface area contributed by atoms with Gasteiger partial charge in [-0.3, -0.25) is 4.90 Å². The number of hydrogen-bond acceptors (Lipinski definition) is 4. The molecule has 2 aliphatic heterocycles. The van der Waals surface area contributed by atoms with Crippen molar-refractivity contribution in [2.45, 2.75) is 31.1 Å². The Morgan fingerprint density at radius 2 is 2.00 bits per heavy atom. The van der Waals surface area contributed by atoms with Gasteiger partial charge in [0.05, 0.1) is 31.2 Å². The summed E-state index contributed by atoms with van der Waals surface area (Å²) in [6.07, 6.45) is -2.73. The highest BCUT2D eigenvalue weighted by Crippen LogP contribution is 2.38. The predicted octanol–water partition coefficient (Wildman–Crippen LogP) is 2.50. The van der Waals surface area contributed by atoms with E-state index in [1.807, 2.05) is 18.2 Å². The lowest BCUT2D eigenvalue weighted by molar-refractivity contribution is -0.900. The van der Waals surface area contributed by atoms with Crippen molar-refractivity contribution in [1.29, 1.82) is 0 Å². The molecule has 210 valence electrons. The number of aromatic amines is 1. The van der Waals surface area contributed by atoms with E-state index in [1.165, 1.54) is 23.4 Å². The van der Waals surface area contributed by atoms with Crippen LogP contribution in [0.25, 0.3) is 10.9 Å². The van der Waals surface area contributed by atoms with E-state index in [1.54, 1.807) is 0 Å². The number of pyridine rings is 1. The van der Waals surface area contributed by atoms with E-state index < -0.39 is 16.9 Å². The van der Waals surface area contributed by atoms with Crippen LogP contribution in [0.15, 0.2) is 30.3 Å². The lowest BCUT2D eigenvalue weighted by atomic mass is 9.96. The Bertz CT molecular complexity index is 1270. The van der Waals surface area contributed by atoms with Crippen molar-refractivity contribution in [3.05, 3.63) is 57.3 Å². The molecular formula is C25H31Cl4F3N6. The second-order valence-corrected chi connectivity index (χ2v) is 11.1. The van der Waals surface area contributed by atoms with Gasteiger partial charge in [-0.15, -0.1) is 12.4 Å². The molecule has 0 bridgehead atoms. The second kappa shape index (κ2) is 12.0. The van der Waals surface area contributed by atoms with Gasteiger partial charge in [-0.05, 0) is 42.3 Å². The van der Waals surface area contributed by atoms with Crippen LogP contribution in [0.4, 0.5) is 19.0 Å². The highest BCUT2D eigenvalue weighted by atomic mass is 35.5. The summed E-state index contributed by atoms with van der Waals surface area (Å²) in [6, 6.07) is 8.97. The Hall–Kier alpha value is -1.46. The molecule has 0 saturated carbocycles. The minimum Gasteiger partial charge on any atom is -1.00 e. The van der Waals surface area contributed by atoms with Crippen LogP contribution in [0, 0.1) is 0 Å². The van der Waals surface area contributed by atoms with E-state index in [0.717, 1.165) is 54.4 Å². The maximum Gasteiger partial charge on any atom is 0.434 e. The fraction of sp³-hybridized carbons (Fsp3) is 0.480. The van der Waals surface area contributed by atoms with Crippen LogP contribution in [-0.2, 0) is 12.6 Å². The average Bonchev–Trinajstić information content (AvgIpc) is 3.34. The maximum absolute atomic E-state index is 13.2. The predicted molar refractivity (Wildman–Crippen MR) is 145 cm³/mol. The standard InChI is InChI=1S/C25H30Cl2F3N6.2ClH/c1-36(11-7-16(31)13-36)14-21-23-17(18-12-15(26)2-4-20(18)33-23)6-9-35(21)10-8-32-22-5-3-19(27)24(34-22)25(28,29)30;;/h2-5,12,16,21,33H,6-11,13-14,31H2,1H3,(H,32,34);2*1H/q+1;;/p-1. The molecule has 0 spiro atoms. The summed E-state index contributed by atoms with van der Waals surface area (Å²) < 4.78 is 40.5. The number of halogens is 7. The number of fused-ring (bicyclic) bond motifs is 3. The molecule has 0 amide bonds. The number of rotatable bonds is 6. The van der Waals surface area contributed by atoms with Crippen molar-refractivity contribution in [3.8, 4) is 0 Å². The first kappa shape index (κ1) is 31.1. The van der Waals surface area contributed by atoms with Gasteiger partial charge in [0, 0.05) is 47.7 Å². The van der Waals surface area contributed by atoms with Crippen LogP contribution in [0.2, 0.25) is 10.0 Å². The van der Waals surface area contributed by atoms with E-state index in [-0.39, 0.29) is 42.7 Å². The van der Waals surface area contributed by atoms with E-state index in [2.05, 4.69) is 27.2 Å². The van der Waals surface area contributed by atoms with Crippen molar-refractivity contribution < 1.29 is 30.1 Å². The third-order valence-corrected chi connectivity index (χ3v) is 8.01. The summed E-state index contributed by atoms with van der Waals surface area (Å²) in [6.45, 7) is 4.80. The first-order valence-electron chi connectivity index (χ1n) is 12.1. The monoisotopic (exact) mass is 612 g/mol. The normalized spacial score (nSPS) is 23.6. The van der Waals surface area contributed by atoms with Gasteiger partial charge in [-0.2, -0.15) is 13.2 Å². The number of likely N-dealkylation sites (tertiary alicyclic amines) is 1. The average molecular weight is 614 g/mol. The number of hydrogen-bond donors (Lipinski definition) is 3. The van der Waals surface area contributed by atoms with Crippen LogP contribution in [-0.4, -0.2) is 71.7 Å². The fourth-order valence-corrected chi connectivity index (χ4v) is 6.12. The summed E-state index contributed by atoms with van der Waals surface area (Å²) in [4.78, 5) is 9.75. The molecule has 4 N–H and O–H groups in total. The summed E-state index contributed by atoms with van der Waals surface area (Å²) >= 11 is 12.0. The Morgan fingerprint density at radius 1 is 1.24 bits per heavy atom. The van der Waals surface area contributed by atoms with Crippen molar-refractivity contribution in [1.82, 2.24) is 14.9 Å². The molecule has 1 saturated heterocycles. The molecule has 1 aromatic carbocycles. The van der Waals surface area contributed by atoms with Crippen molar-refractivity contribution >= 4 is 52.3 Å². The maximum atomic E-state index is 13.2. The summed E-state index contributed by atoms with van der Waals surface area (Å²) in [5.41, 5.74) is 8.75. The van der Waals surface area contributed by atoms with Crippen LogP contribution in [0.5, 0.6) is 0 Å². The summed E-state index contributed by atoms with van der Waals surface area (Å²) in [5.74, 6) is 0.158. The zero-order chi connectivity index (χ0) is 25.7. The lowest BCUT2D eigenvalue weighted by Gasteiger charge is -2.41. The minimum atomic E-state index is -4.60. The molecule has 3 atom stereocenters. The molecule has 5 rings (SSSR count). The molecule has 0 radical (unpaired) electrons. The zero-order valence-electron chi connectivity index (χ0n) is 20.8. The first-order valence-corrected chi connectivity index (χ1v) is 12.9. The van der Waals surface area contributed by atoms with Crippen LogP contribution < -0.4 is 23.5 Å². The quantitative estimate of drug-likeness (QED) is 0.374. The number of likely N-dealkylation sites (N-methyl/N-ethyl adjacent to an activating group) is 1. The molecule has 38 heavy (non-hydrogen) atoms. The summed E-state index contributed by atoms with van der Waals surface area (Å²) in [5, 5.41) is 4.52. The molecule has 1 fully saturated rings. The number of anilines is 1. The SMILES string of the molecule is C[N+]1(CC2c3[nH]c4ccc(Cl)cc4c3CCN2CCNc2ccc(Cl)c(C(F)(F)F)n2)CCC(N)C1.Cl.[Cl-]. The number of H-pyrrole nitrogens is 1. The van der Waals surface area contributed by atoms with Gasteiger partial charge in [-0.25, -0.2) is 4.98 Å². The highest BCUT2D eigenvalue weighted by Gasteiger charge is 2.40. The molecule has 3 aromatic rings. The van der Waals surface area contributed by atoms with Gasteiger partial charge in [0.15, 0.2) is 5.69 Å². The molecule has 3 unspecified atom stereocenters. The minimum absolute atomic E-state index is 0. The molecule has 6 nitrogen and oxygen atoms in total. The van der Waals surface area contributed by atoms with Gasteiger partial charge in [0.25, 0.3) is 0 Å². The number of nitrogens with zero attached hydrogens (tertiary/aromatic N) is 3. The van der Waals surface area contributed by atoms with Crippen LogP contribution in [0.3, 0.4) is 0 Å². The van der Waals surface area contributed by atoms with Crippen LogP contribution in [0.1, 0.15) is 29.4 Å². The Balaban J connectivity index is 0.00000200. The number of alkyl halides is 3. The van der Waals surface area contributed by atoms with E-state index in [9.17, 15) is 13.2 Å². The number of aromatic nitrogens is 2. The van der Waals surface area contributed by atoms with Gasteiger partial charge < -0.3 is 32.9 Å².